The topological polar surface area (TPSA) is 35.5 Å². The molecule has 1 aliphatic heterocycles. The van der Waals surface area contributed by atoms with Crippen molar-refractivity contribution >= 4 is 5.69 Å². The van der Waals surface area contributed by atoms with Crippen LogP contribution in [0.1, 0.15) is 17.5 Å². The maximum Gasteiger partial charge on any atom is 0.0647 e. The van der Waals surface area contributed by atoms with Crippen LogP contribution in [0.5, 0.6) is 0 Å². The highest BCUT2D eigenvalue weighted by Crippen LogP contribution is 2.24. The predicted octanol–water partition coefficient (Wildman–Crippen LogP) is 1.46. The Kier molecular flexibility index (Phi) is 4.02. The summed E-state index contributed by atoms with van der Waals surface area (Å²) in [6.45, 7) is 7.39. The van der Waals surface area contributed by atoms with Gasteiger partial charge in [-0.3, -0.25) is 0 Å². The summed E-state index contributed by atoms with van der Waals surface area (Å²) in [7, 11) is 0. The molecular formula is C14H22N2O. The fourth-order valence-electron chi connectivity index (χ4n) is 2.44. The molecule has 1 heterocycles. The SMILES string of the molecule is Cc1ccc(C)c(N2CCCNCC2CO)c1. The van der Waals surface area contributed by atoms with Gasteiger partial charge < -0.3 is 15.3 Å². The summed E-state index contributed by atoms with van der Waals surface area (Å²) in [5.41, 5.74) is 3.84. The van der Waals surface area contributed by atoms with Gasteiger partial charge >= 0.3 is 0 Å². The van der Waals surface area contributed by atoms with E-state index < -0.39 is 0 Å². The number of anilines is 1. The first kappa shape index (κ1) is 12.4. The predicted molar refractivity (Wildman–Crippen MR) is 71.6 cm³/mol. The van der Waals surface area contributed by atoms with Crippen molar-refractivity contribution in [3.05, 3.63) is 29.3 Å². The molecule has 1 atom stereocenters. The van der Waals surface area contributed by atoms with Crippen LogP contribution in [0.3, 0.4) is 0 Å². The molecule has 0 amide bonds. The summed E-state index contributed by atoms with van der Waals surface area (Å²) in [5.74, 6) is 0. The molecule has 1 unspecified atom stereocenters. The van der Waals surface area contributed by atoms with Gasteiger partial charge in [0.25, 0.3) is 0 Å². The van der Waals surface area contributed by atoms with Crippen molar-refractivity contribution < 1.29 is 5.11 Å². The highest BCUT2D eigenvalue weighted by Gasteiger charge is 2.21. The van der Waals surface area contributed by atoms with Crippen molar-refractivity contribution in [3.63, 3.8) is 0 Å². The second-order valence-electron chi connectivity index (χ2n) is 4.88. The Balaban J connectivity index is 2.31. The third-order valence-electron chi connectivity index (χ3n) is 3.46. The Bertz CT molecular complexity index is 378. The van der Waals surface area contributed by atoms with Crippen molar-refractivity contribution in [1.29, 1.82) is 0 Å². The van der Waals surface area contributed by atoms with E-state index in [4.69, 9.17) is 0 Å². The Labute approximate surface area is 103 Å². The molecule has 2 N–H and O–H groups in total. The van der Waals surface area contributed by atoms with E-state index in [-0.39, 0.29) is 12.6 Å². The standard InChI is InChI=1S/C14H22N2O/c1-11-4-5-12(2)14(8-11)16-7-3-6-15-9-13(16)10-17/h4-5,8,13,15,17H,3,6-7,9-10H2,1-2H3. The van der Waals surface area contributed by atoms with Gasteiger partial charge in [-0.25, -0.2) is 0 Å². The molecule has 0 spiro atoms. The first-order valence-corrected chi connectivity index (χ1v) is 6.38. The van der Waals surface area contributed by atoms with E-state index in [1.807, 2.05) is 0 Å². The number of aliphatic hydroxyl groups is 1. The molecule has 17 heavy (non-hydrogen) atoms. The smallest absolute Gasteiger partial charge is 0.0647 e. The van der Waals surface area contributed by atoms with Crippen LogP contribution in [0.25, 0.3) is 0 Å². The van der Waals surface area contributed by atoms with Crippen LogP contribution in [0.15, 0.2) is 18.2 Å². The molecule has 0 bridgehead atoms. The van der Waals surface area contributed by atoms with Gasteiger partial charge in [0.2, 0.25) is 0 Å². The second-order valence-corrected chi connectivity index (χ2v) is 4.88. The third kappa shape index (κ3) is 2.79. The molecule has 0 saturated carbocycles. The molecule has 3 nitrogen and oxygen atoms in total. The van der Waals surface area contributed by atoms with Crippen LogP contribution in [0.4, 0.5) is 5.69 Å². The monoisotopic (exact) mass is 234 g/mol. The second kappa shape index (κ2) is 5.52. The van der Waals surface area contributed by atoms with Gasteiger partial charge in [-0.15, -0.1) is 0 Å². The van der Waals surface area contributed by atoms with Gasteiger partial charge in [-0.1, -0.05) is 12.1 Å². The van der Waals surface area contributed by atoms with Crippen molar-refractivity contribution in [3.8, 4) is 0 Å². The average Bonchev–Trinajstić information content (AvgIpc) is 2.57. The Hall–Kier alpha value is -1.06. The lowest BCUT2D eigenvalue weighted by atomic mass is 10.1. The number of benzene rings is 1. The maximum atomic E-state index is 9.53. The number of nitrogens with one attached hydrogen (secondary N) is 1. The van der Waals surface area contributed by atoms with Crippen LogP contribution >= 0.6 is 0 Å². The van der Waals surface area contributed by atoms with Gasteiger partial charge in [-0.2, -0.15) is 0 Å². The molecule has 0 aliphatic carbocycles. The Morgan fingerprint density at radius 2 is 2.24 bits per heavy atom. The normalized spacial score (nSPS) is 21.4. The van der Waals surface area contributed by atoms with Crippen LogP contribution in [0.2, 0.25) is 0 Å². The lowest BCUT2D eigenvalue weighted by Gasteiger charge is -2.32. The van der Waals surface area contributed by atoms with Crippen molar-refractivity contribution in [2.45, 2.75) is 26.3 Å². The number of nitrogens with zero attached hydrogens (tertiary/aromatic N) is 1. The lowest BCUT2D eigenvalue weighted by Crippen LogP contribution is -2.42. The Morgan fingerprint density at radius 3 is 3.00 bits per heavy atom. The minimum absolute atomic E-state index is 0.193. The molecule has 3 heteroatoms. The van der Waals surface area contributed by atoms with Gasteiger partial charge in [0.15, 0.2) is 0 Å². The molecule has 0 aromatic heterocycles. The summed E-state index contributed by atoms with van der Waals surface area (Å²) in [6.07, 6.45) is 1.13. The number of rotatable bonds is 2. The van der Waals surface area contributed by atoms with E-state index in [2.05, 4.69) is 42.3 Å². The first-order valence-electron chi connectivity index (χ1n) is 6.38. The Morgan fingerprint density at radius 1 is 1.41 bits per heavy atom. The molecular weight excluding hydrogens is 212 g/mol. The van der Waals surface area contributed by atoms with Gasteiger partial charge in [-0.05, 0) is 44.0 Å². The summed E-state index contributed by atoms with van der Waals surface area (Å²) in [4.78, 5) is 2.35. The van der Waals surface area contributed by atoms with Gasteiger partial charge in [0.1, 0.15) is 0 Å². The highest BCUT2D eigenvalue weighted by molar-refractivity contribution is 5.56. The van der Waals surface area contributed by atoms with E-state index >= 15 is 0 Å². The van der Waals surface area contributed by atoms with Crippen LogP contribution in [-0.2, 0) is 0 Å². The van der Waals surface area contributed by atoms with Crippen molar-refractivity contribution in [2.24, 2.45) is 0 Å². The molecule has 1 aromatic carbocycles. The first-order chi connectivity index (χ1) is 8.22. The van der Waals surface area contributed by atoms with Crippen molar-refractivity contribution in [2.75, 3.05) is 31.1 Å². The summed E-state index contributed by atoms with van der Waals surface area (Å²) >= 11 is 0. The summed E-state index contributed by atoms with van der Waals surface area (Å²) in [5, 5.41) is 12.9. The van der Waals surface area contributed by atoms with Crippen LogP contribution in [0, 0.1) is 13.8 Å². The zero-order chi connectivity index (χ0) is 12.3. The lowest BCUT2D eigenvalue weighted by molar-refractivity contribution is 0.260. The number of hydrogen-bond acceptors (Lipinski definition) is 3. The van der Waals surface area contributed by atoms with E-state index in [1.54, 1.807) is 0 Å². The van der Waals surface area contributed by atoms with E-state index in [0.29, 0.717) is 0 Å². The summed E-state index contributed by atoms with van der Waals surface area (Å²) in [6, 6.07) is 6.72. The number of aryl methyl sites for hydroxylation is 2. The maximum absolute atomic E-state index is 9.53. The fourth-order valence-corrected chi connectivity index (χ4v) is 2.44. The summed E-state index contributed by atoms with van der Waals surface area (Å²) < 4.78 is 0. The van der Waals surface area contributed by atoms with Crippen LogP contribution < -0.4 is 10.2 Å². The zero-order valence-corrected chi connectivity index (χ0v) is 10.7. The van der Waals surface area contributed by atoms with E-state index in [1.165, 1.54) is 16.8 Å². The minimum Gasteiger partial charge on any atom is -0.394 e. The molecule has 2 rings (SSSR count). The molecule has 1 fully saturated rings. The van der Waals surface area contributed by atoms with Gasteiger partial charge in [0, 0.05) is 18.8 Å². The third-order valence-corrected chi connectivity index (χ3v) is 3.46. The molecule has 0 radical (unpaired) electrons. The fraction of sp³-hybridized carbons (Fsp3) is 0.571. The largest absolute Gasteiger partial charge is 0.394 e. The quantitative estimate of drug-likeness (QED) is 0.813. The van der Waals surface area contributed by atoms with E-state index in [0.717, 1.165) is 26.1 Å². The molecule has 94 valence electrons. The molecule has 1 saturated heterocycles. The number of hydrogen-bond donors (Lipinski definition) is 2. The van der Waals surface area contributed by atoms with Gasteiger partial charge in [0.05, 0.1) is 12.6 Å². The average molecular weight is 234 g/mol. The zero-order valence-electron chi connectivity index (χ0n) is 10.7. The minimum atomic E-state index is 0.193. The molecule has 1 aliphatic rings. The van der Waals surface area contributed by atoms with Crippen LogP contribution in [-0.4, -0.2) is 37.4 Å². The van der Waals surface area contributed by atoms with E-state index in [9.17, 15) is 5.11 Å². The van der Waals surface area contributed by atoms with Crippen molar-refractivity contribution in [1.82, 2.24) is 5.32 Å². The molecule has 1 aromatic rings. The number of aliphatic hydroxyl groups excluding tert-OH is 1. The highest BCUT2D eigenvalue weighted by atomic mass is 16.3.